The number of carbonyl (C=O) groups is 1. The predicted molar refractivity (Wildman–Crippen MR) is 159 cm³/mol. The van der Waals surface area contributed by atoms with Gasteiger partial charge >= 0.3 is 0 Å². The Balaban J connectivity index is 1.49. The summed E-state index contributed by atoms with van der Waals surface area (Å²) in [5, 5.41) is 8.09. The second-order valence-electron chi connectivity index (χ2n) is 9.10. The molecule has 0 saturated carbocycles. The third-order valence-corrected chi connectivity index (χ3v) is 7.99. The number of nitrogens with zero attached hydrogens (tertiary/aromatic N) is 2. The van der Waals surface area contributed by atoms with Crippen molar-refractivity contribution < 1.29 is 17.6 Å². The molecule has 5 rings (SSSR count). The maximum Gasteiger partial charge on any atom is 0.281 e. The van der Waals surface area contributed by atoms with Crippen molar-refractivity contribution in [2.24, 2.45) is 0 Å². The Morgan fingerprint density at radius 1 is 1.02 bits per heavy atom. The highest BCUT2D eigenvalue weighted by molar-refractivity contribution is 7.90. The highest BCUT2D eigenvalue weighted by Gasteiger charge is 2.18. The molecular weight excluding hydrogens is 563 g/mol. The first-order chi connectivity index (χ1) is 19.7. The standard InChI is InChI=1S/C31H24ClFN4O3S/c1-2-25(26-13-12-24(33)18-27(26)32)31(22-11-14-28-23(17-22)19-35-36-28)21-9-6-20(7-10-21)8-15-29(38)37-41(39,40)30-5-3-4-16-34-30/h3-19H,2H2,1H3,(H,35,36)(H,37,38)/b15-8+,31-25+. The van der Waals surface area contributed by atoms with Crippen LogP contribution in [-0.2, 0) is 14.8 Å². The number of fused-ring (bicyclic) bond motifs is 1. The van der Waals surface area contributed by atoms with Gasteiger partial charge in [0.2, 0.25) is 0 Å². The monoisotopic (exact) mass is 586 g/mol. The molecule has 206 valence electrons. The summed E-state index contributed by atoms with van der Waals surface area (Å²) in [4.78, 5) is 16.1. The molecule has 7 nitrogen and oxygen atoms in total. The summed E-state index contributed by atoms with van der Waals surface area (Å²) in [7, 11) is -4.08. The highest BCUT2D eigenvalue weighted by Crippen LogP contribution is 2.38. The van der Waals surface area contributed by atoms with Crippen molar-refractivity contribution in [1.82, 2.24) is 19.9 Å². The molecule has 0 radical (unpaired) electrons. The Morgan fingerprint density at radius 2 is 1.80 bits per heavy atom. The van der Waals surface area contributed by atoms with E-state index in [0.717, 1.165) is 44.8 Å². The maximum absolute atomic E-state index is 13.9. The predicted octanol–water partition coefficient (Wildman–Crippen LogP) is 6.64. The molecular formula is C31H24ClFN4O3S. The summed E-state index contributed by atoms with van der Waals surface area (Å²) in [5.74, 6) is -1.21. The van der Waals surface area contributed by atoms with Gasteiger partial charge in [-0.15, -0.1) is 0 Å². The van der Waals surface area contributed by atoms with Crippen molar-refractivity contribution in [1.29, 1.82) is 0 Å². The van der Waals surface area contributed by atoms with Gasteiger partial charge in [-0.2, -0.15) is 13.5 Å². The molecule has 5 aromatic rings. The Kier molecular flexibility index (Phi) is 8.09. The molecule has 2 aromatic heterocycles. The second-order valence-corrected chi connectivity index (χ2v) is 11.1. The Morgan fingerprint density at radius 3 is 2.51 bits per heavy atom. The molecule has 10 heteroatoms. The van der Waals surface area contributed by atoms with Crippen molar-refractivity contribution >= 4 is 55.7 Å². The van der Waals surface area contributed by atoms with E-state index in [1.165, 1.54) is 36.5 Å². The second kappa shape index (κ2) is 11.9. The lowest BCUT2D eigenvalue weighted by atomic mass is 9.87. The third kappa shape index (κ3) is 6.26. The fraction of sp³-hybridized carbons (Fsp3) is 0.0645. The van der Waals surface area contributed by atoms with E-state index in [1.807, 2.05) is 54.1 Å². The van der Waals surface area contributed by atoms with E-state index in [1.54, 1.807) is 18.3 Å². The summed E-state index contributed by atoms with van der Waals surface area (Å²) in [5.41, 5.74) is 5.96. The molecule has 0 spiro atoms. The van der Waals surface area contributed by atoms with Crippen LogP contribution in [0.2, 0.25) is 5.02 Å². The number of hydrogen-bond donors (Lipinski definition) is 2. The maximum atomic E-state index is 13.9. The van der Waals surface area contributed by atoms with E-state index in [-0.39, 0.29) is 5.03 Å². The van der Waals surface area contributed by atoms with Crippen LogP contribution in [0, 0.1) is 5.82 Å². The fourth-order valence-electron chi connectivity index (χ4n) is 4.51. The molecule has 0 bridgehead atoms. The topological polar surface area (TPSA) is 105 Å². The zero-order valence-corrected chi connectivity index (χ0v) is 23.4. The van der Waals surface area contributed by atoms with Crippen LogP contribution >= 0.6 is 11.6 Å². The molecule has 0 unspecified atom stereocenters. The smallest absolute Gasteiger partial charge is 0.278 e. The van der Waals surface area contributed by atoms with Gasteiger partial charge in [-0.25, -0.2) is 14.1 Å². The van der Waals surface area contributed by atoms with E-state index < -0.39 is 21.7 Å². The number of benzene rings is 3. The van der Waals surface area contributed by atoms with Crippen molar-refractivity contribution in [2.75, 3.05) is 0 Å². The molecule has 0 aliphatic heterocycles. The van der Waals surface area contributed by atoms with Crippen LogP contribution in [0.5, 0.6) is 0 Å². The Hall–Kier alpha value is -4.60. The van der Waals surface area contributed by atoms with Gasteiger partial charge in [0.15, 0.2) is 5.03 Å². The normalized spacial score (nSPS) is 12.5. The Labute approximate surface area is 241 Å². The van der Waals surface area contributed by atoms with E-state index >= 15 is 0 Å². The van der Waals surface area contributed by atoms with Crippen LogP contribution < -0.4 is 4.72 Å². The number of rotatable bonds is 8. The lowest BCUT2D eigenvalue weighted by molar-refractivity contribution is -0.114. The quantitative estimate of drug-likeness (QED) is 0.157. The molecule has 0 saturated heterocycles. The number of carbonyl (C=O) groups excluding carboxylic acids is 1. The summed E-state index contributed by atoms with van der Waals surface area (Å²) in [6.45, 7) is 2.01. The van der Waals surface area contributed by atoms with Crippen LogP contribution in [0.4, 0.5) is 4.39 Å². The number of aromatic amines is 1. The van der Waals surface area contributed by atoms with E-state index in [2.05, 4.69) is 15.2 Å². The molecule has 3 aromatic carbocycles. The molecule has 0 aliphatic carbocycles. The number of halogens is 2. The molecule has 0 aliphatic rings. The summed E-state index contributed by atoms with van der Waals surface area (Å²) in [6, 6.07) is 22.2. The van der Waals surface area contributed by atoms with Gasteiger partial charge in [-0.3, -0.25) is 9.89 Å². The van der Waals surface area contributed by atoms with Crippen molar-refractivity contribution in [3.63, 3.8) is 0 Å². The van der Waals surface area contributed by atoms with Crippen molar-refractivity contribution in [2.45, 2.75) is 18.4 Å². The third-order valence-electron chi connectivity index (χ3n) is 6.42. The minimum Gasteiger partial charge on any atom is -0.278 e. The van der Waals surface area contributed by atoms with Crippen molar-refractivity contribution in [3.8, 4) is 0 Å². The van der Waals surface area contributed by atoms with Gasteiger partial charge in [-0.05, 0) is 82.3 Å². The lowest BCUT2D eigenvalue weighted by Crippen LogP contribution is -2.29. The summed E-state index contributed by atoms with van der Waals surface area (Å²) in [6.07, 6.45) is 6.37. The highest BCUT2D eigenvalue weighted by atomic mass is 35.5. The van der Waals surface area contributed by atoms with Gasteiger partial charge in [0.05, 0.1) is 16.7 Å². The van der Waals surface area contributed by atoms with Gasteiger partial charge in [0.1, 0.15) is 5.82 Å². The average Bonchev–Trinajstić information content (AvgIpc) is 3.44. The van der Waals surface area contributed by atoms with Crippen molar-refractivity contribution in [3.05, 3.63) is 130 Å². The van der Waals surface area contributed by atoms with E-state index in [0.29, 0.717) is 17.0 Å². The zero-order chi connectivity index (χ0) is 29.0. The molecule has 41 heavy (non-hydrogen) atoms. The first-order valence-corrected chi connectivity index (χ1v) is 14.5. The SMILES string of the molecule is CC/C(=C(/c1ccc(/C=C/C(=O)NS(=O)(=O)c2ccccn2)cc1)c1ccc2[nH]ncc2c1)c1ccc(F)cc1Cl. The number of aromatic nitrogens is 3. The molecule has 0 atom stereocenters. The number of amides is 1. The summed E-state index contributed by atoms with van der Waals surface area (Å²) >= 11 is 6.50. The summed E-state index contributed by atoms with van der Waals surface area (Å²) < 4.78 is 40.6. The lowest BCUT2D eigenvalue weighted by Gasteiger charge is -2.18. The number of sulfonamides is 1. The number of pyridine rings is 1. The van der Waals surface area contributed by atoms with Crippen LogP contribution in [0.1, 0.15) is 35.6 Å². The number of nitrogens with one attached hydrogen (secondary N) is 2. The van der Waals surface area contributed by atoms with Gasteiger partial charge in [0, 0.05) is 17.7 Å². The molecule has 0 fully saturated rings. The van der Waals surface area contributed by atoms with Gasteiger partial charge < -0.3 is 0 Å². The van der Waals surface area contributed by atoms with Crippen LogP contribution in [-0.4, -0.2) is 29.5 Å². The van der Waals surface area contributed by atoms with Gasteiger partial charge in [0.25, 0.3) is 15.9 Å². The Bertz CT molecular complexity index is 1900. The minimum absolute atomic E-state index is 0.244. The first-order valence-electron chi connectivity index (χ1n) is 12.6. The van der Waals surface area contributed by atoms with Crippen LogP contribution in [0.15, 0.2) is 102 Å². The first kappa shape index (κ1) is 27.9. The number of H-pyrrole nitrogens is 1. The number of allylic oxidation sites excluding steroid dienone is 1. The largest absolute Gasteiger partial charge is 0.281 e. The molecule has 2 heterocycles. The van der Waals surface area contributed by atoms with E-state index in [4.69, 9.17) is 11.6 Å². The van der Waals surface area contributed by atoms with E-state index in [9.17, 15) is 17.6 Å². The van der Waals surface area contributed by atoms with Gasteiger partial charge in [-0.1, -0.05) is 61.0 Å². The minimum atomic E-state index is -4.08. The van der Waals surface area contributed by atoms with Crippen LogP contribution in [0.3, 0.4) is 0 Å². The fourth-order valence-corrected chi connectivity index (χ4v) is 5.68. The number of hydrogen-bond acceptors (Lipinski definition) is 5. The zero-order valence-electron chi connectivity index (χ0n) is 21.8. The molecule has 1 amide bonds. The van der Waals surface area contributed by atoms with Crippen LogP contribution in [0.25, 0.3) is 28.1 Å². The average molecular weight is 587 g/mol. The molecule has 2 N–H and O–H groups in total.